The number of hydrogen-bond donors (Lipinski definition) is 4. The number of aromatic amines is 1. The topological polar surface area (TPSA) is 103 Å². The molecular formula is C34H28Cl2N4O3S. The lowest BCUT2D eigenvalue weighted by Gasteiger charge is -2.16. The third-order valence-corrected chi connectivity index (χ3v) is 8.69. The first-order valence-corrected chi connectivity index (χ1v) is 15.4. The zero-order valence-electron chi connectivity index (χ0n) is 23.6. The summed E-state index contributed by atoms with van der Waals surface area (Å²) in [7, 11) is 0. The maximum Gasteiger partial charge on any atom is 0.272 e. The van der Waals surface area contributed by atoms with E-state index in [0.717, 1.165) is 15.8 Å². The molecule has 1 aromatic heterocycles. The van der Waals surface area contributed by atoms with Crippen LogP contribution in [0.15, 0.2) is 114 Å². The SMILES string of the molecule is CCC(Sc1cccc(NC(=O)/C(=C\c2c(Cl)cccc2Cl)NC(=O)c2ccccc2)c1)C(=O)Nc1ccc2cc[nH]c2c1. The van der Waals surface area contributed by atoms with Crippen molar-refractivity contribution < 1.29 is 14.4 Å². The van der Waals surface area contributed by atoms with Gasteiger partial charge in [-0.1, -0.05) is 66.5 Å². The lowest BCUT2D eigenvalue weighted by atomic mass is 10.1. The van der Waals surface area contributed by atoms with Gasteiger partial charge in [-0.2, -0.15) is 0 Å². The number of nitrogens with one attached hydrogen (secondary N) is 4. The molecule has 0 bridgehead atoms. The van der Waals surface area contributed by atoms with Crippen LogP contribution in [0.2, 0.25) is 10.0 Å². The fourth-order valence-corrected chi connectivity index (χ4v) is 5.94. The summed E-state index contributed by atoms with van der Waals surface area (Å²) in [5.74, 6) is -1.16. The zero-order chi connectivity index (χ0) is 31.1. The predicted molar refractivity (Wildman–Crippen MR) is 180 cm³/mol. The molecule has 0 fully saturated rings. The van der Waals surface area contributed by atoms with Crippen LogP contribution >= 0.6 is 35.0 Å². The number of rotatable bonds is 10. The third kappa shape index (κ3) is 7.71. The number of anilines is 2. The normalized spacial score (nSPS) is 12.0. The van der Waals surface area contributed by atoms with Crippen LogP contribution in [-0.4, -0.2) is 28.0 Å². The predicted octanol–water partition coefficient (Wildman–Crippen LogP) is 8.39. The van der Waals surface area contributed by atoms with Crippen molar-refractivity contribution in [2.24, 2.45) is 0 Å². The number of H-pyrrole nitrogens is 1. The Hall–Kier alpha value is -4.50. The van der Waals surface area contributed by atoms with E-state index in [0.29, 0.717) is 39.0 Å². The number of hydrogen-bond acceptors (Lipinski definition) is 4. The molecule has 4 aromatic carbocycles. The van der Waals surface area contributed by atoms with Crippen LogP contribution in [0.4, 0.5) is 11.4 Å². The molecule has 0 aliphatic carbocycles. The van der Waals surface area contributed by atoms with E-state index in [4.69, 9.17) is 23.2 Å². The summed E-state index contributed by atoms with van der Waals surface area (Å²) in [4.78, 5) is 43.6. The summed E-state index contributed by atoms with van der Waals surface area (Å²) >= 11 is 14.1. The molecule has 0 aliphatic heterocycles. The molecule has 0 radical (unpaired) electrons. The Morgan fingerprint density at radius 1 is 0.841 bits per heavy atom. The van der Waals surface area contributed by atoms with Crippen LogP contribution in [0, 0.1) is 0 Å². The molecular weight excluding hydrogens is 615 g/mol. The average Bonchev–Trinajstić information content (AvgIpc) is 3.49. The van der Waals surface area contributed by atoms with Gasteiger partial charge in [-0.3, -0.25) is 14.4 Å². The molecule has 3 amide bonds. The molecule has 5 rings (SSSR count). The van der Waals surface area contributed by atoms with Crippen molar-refractivity contribution >= 4 is 81.0 Å². The highest BCUT2D eigenvalue weighted by Crippen LogP contribution is 2.30. The summed E-state index contributed by atoms with van der Waals surface area (Å²) in [6.07, 6.45) is 3.89. The molecule has 0 spiro atoms. The Kier molecular flexibility index (Phi) is 10.1. The first kappa shape index (κ1) is 30.9. The molecule has 0 aliphatic rings. The van der Waals surface area contributed by atoms with E-state index in [1.807, 2.05) is 43.5 Å². The summed E-state index contributed by atoms with van der Waals surface area (Å²) in [5.41, 5.74) is 2.87. The lowest BCUT2D eigenvalue weighted by molar-refractivity contribution is -0.116. The second-order valence-corrected chi connectivity index (χ2v) is 11.9. The van der Waals surface area contributed by atoms with Crippen molar-refractivity contribution in [1.29, 1.82) is 0 Å². The van der Waals surface area contributed by atoms with E-state index in [1.165, 1.54) is 17.8 Å². The summed E-state index contributed by atoms with van der Waals surface area (Å²) < 4.78 is 0. The molecule has 1 atom stereocenters. The monoisotopic (exact) mass is 642 g/mol. The number of fused-ring (bicyclic) bond motifs is 1. The Bertz CT molecular complexity index is 1840. The minimum absolute atomic E-state index is 0.0447. The number of aromatic nitrogens is 1. The van der Waals surface area contributed by atoms with Gasteiger partial charge in [0.2, 0.25) is 5.91 Å². The van der Waals surface area contributed by atoms with Gasteiger partial charge in [0.05, 0.1) is 5.25 Å². The fourth-order valence-electron chi connectivity index (χ4n) is 4.42. The summed E-state index contributed by atoms with van der Waals surface area (Å²) in [6.45, 7) is 1.95. The van der Waals surface area contributed by atoms with Crippen molar-refractivity contribution in [1.82, 2.24) is 10.3 Å². The van der Waals surface area contributed by atoms with Gasteiger partial charge in [-0.15, -0.1) is 11.8 Å². The average molecular weight is 644 g/mol. The van der Waals surface area contributed by atoms with Crippen molar-refractivity contribution in [3.63, 3.8) is 0 Å². The standard InChI is InChI=1S/C34H28Cl2N4O3S/c1-2-31(34(43)39-24-15-14-21-16-17-37-29(21)19-24)44-25-11-6-10-23(18-25)38-33(42)30(20-26-27(35)12-7-13-28(26)36)40-32(41)22-8-4-3-5-9-22/h3-20,31,37H,2H2,1H3,(H,38,42)(H,39,43)(H,40,41)/b30-20+. The zero-order valence-corrected chi connectivity index (χ0v) is 25.9. The highest BCUT2D eigenvalue weighted by molar-refractivity contribution is 8.00. The van der Waals surface area contributed by atoms with Crippen molar-refractivity contribution in [3.05, 3.63) is 130 Å². The molecule has 222 valence electrons. The third-order valence-electron chi connectivity index (χ3n) is 6.67. The van der Waals surface area contributed by atoms with Crippen LogP contribution in [0.5, 0.6) is 0 Å². The highest BCUT2D eigenvalue weighted by Gasteiger charge is 2.20. The number of thioether (sulfide) groups is 1. The number of carbonyl (C=O) groups excluding carboxylic acids is 3. The fraction of sp³-hybridized carbons (Fsp3) is 0.0882. The minimum atomic E-state index is -0.572. The Labute approximate surface area is 269 Å². The van der Waals surface area contributed by atoms with Crippen LogP contribution < -0.4 is 16.0 Å². The molecule has 44 heavy (non-hydrogen) atoms. The molecule has 0 saturated heterocycles. The Morgan fingerprint density at radius 2 is 1.57 bits per heavy atom. The van der Waals surface area contributed by atoms with Crippen molar-refractivity contribution in [2.45, 2.75) is 23.5 Å². The molecule has 0 saturated carbocycles. The van der Waals surface area contributed by atoms with E-state index < -0.39 is 11.8 Å². The first-order chi connectivity index (χ1) is 21.3. The van der Waals surface area contributed by atoms with Crippen molar-refractivity contribution in [3.8, 4) is 0 Å². The molecule has 10 heteroatoms. The largest absolute Gasteiger partial charge is 0.361 e. The van der Waals surface area contributed by atoms with Gasteiger partial charge in [0.15, 0.2) is 0 Å². The van der Waals surface area contributed by atoms with Crippen molar-refractivity contribution in [2.75, 3.05) is 10.6 Å². The highest BCUT2D eigenvalue weighted by atomic mass is 35.5. The molecule has 7 nitrogen and oxygen atoms in total. The summed E-state index contributed by atoms with van der Waals surface area (Å²) in [6, 6.07) is 28.4. The van der Waals surface area contributed by atoms with Crippen LogP contribution in [0.3, 0.4) is 0 Å². The number of amides is 3. The van der Waals surface area contributed by atoms with Gasteiger partial charge in [-0.25, -0.2) is 0 Å². The lowest BCUT2D eigenvalue weighted by Crippen LogP contribution is -2.30. The van der Waals surface area contributed by atoms with Crippen LogP contribution in [0.25, 0.3) is 17.0 Å². The molecule has 4 N–H and O–H groups in total. The number of carbonyl (C=O) groups is 3. The van der Waals surface area contributed by atoms with Gasteiger partial charge in [0.1, 0.15) is 5.70 Å². The Balaban J connectivity index is 1.32. The Morgan fingerprint density at radius 3 is 2.32 bits per heavy atom. The van der Waals surface area contributed by atoms with E-state index >= 15 is 0 Å². The quantitative estimate of drug-likeness (QED) is 0.0907. The van der Waals surface area contributed by atoms with Gasteiger partial charge in [0.25, 0.3) is 11.8 Å². The first-order valence-electron chi connectivity index (χ1n) is 13.8. The van der Waals surface area contributed by atoms with Crippen LogP contribution in [0.1, 0.15) is 29.3 Å². The molecule has 5 aromatic rings. The summed E-state index contributed by atoms with van der Waals surface area (Å²) in [5, 5.41) is 9.89. The van der Waals surface area contributed by atoms with Gasteiger partial charge < -0.3 is 20.9 Å². The maximum absolute atomic E-state index is 13.5. The number of benzene rings is 4. The van der Waals surface area contributed by atoms with Gasteiger partial charge >= 0.3 is 0 Å². The smallest absolute Gasteiger partial charge is 0.272 e. The van der Waals surface area contributed by atoms with E-state index in [2.05, 4.69) is 20.9 Å². The second-order valence-electron chi connectivity index (χ2n) is 9.78. The van der Waals surface area contributed by atoms with Gasteiger partial charge in [-0.05, 0) is 78.5 Å². The van der Waals surface area contributed by atoms with Gasteiger partial charge in [0, 0.05) is 49.2 Å². The van der Waals surface area contributed by atoms with E-state index in [1.54, 1.807) is 66.7 Å². The maximum atomic E-state index is 13.5. The number of halogens is 2. The molecule has 1 unspecified atom stereocenters. The second kappa shape index (κ2) is 14.3. The van der Waals surface area contributed by atoms with Crippen LogP contribution in [-0.2, 0) is 9.59 Å². The minimum Gasteiger partial charge on any atom is -0.361 e. The molecule has 1 heterocycles. The van der Waals surface area contributed by atoms with E-state index in [-0.39, 0.29) is 16.9 Å². The van der Waals surface area contributed by atoms with E-state index in [9.17, 15) is 14.4 Å².